The van der Waals surface area contributed by atoms with Gasteiger partial charge in [-0.3, -0.25) is 19.6 Å². The summed E-state index contributed by atoms with van der Waals surface area (Å²) >= 11 is 0. The normalized spacial score (nSPS) is 17.5. The molecule has 1 N–H and O–H groups in total. The zero-order chi connectivity index (χ0) is 22.7. The van der Waals surface area contributed by atoms with E-state index in [0.29, 0.717) is 22.6 Å². The van der Waals surface area contributed by atoms with Crippen molar-refractivity contribution in [1.82, 2.24) is 20.2 Å². The number of pyridine rings is 2. The number of nitrogens with zero attached hydrogens (tertiary/aromatic N) is 3. The van der Waals surface area contributed by atoms with Gasteiger partial charge in [-0.1, -0.05) is 12.1 Å². The van der Waals surface area contributed by atoms with Gasteiger partial charge >= 0.3 is 0 Å². The SMILES string of the molecule is COc1cc2c(cc1OC)C(C(=O)NCc1ccccn1)C(c1cccnc1)N(C)C2=O. The van der Waals surface area contributed by atoms with Gasteiger partial charge < -0.3 is 19.7 Å². The molecule has 4 rings (SSSR count). The van der Waals surface area contributed by atoms with E-state index in [4.69, 9.17) is 9.47 Å². The summed E-state index contributed by atoms with van der Waals surface area (Å²) in [5.41, 5.74) is 2.50. The van der Waals surface area contributed by atoms with Gasteiger partial charge in [0.2, 0.25) is 5.91 Å². The molecule has 2 amide bonds. The minimum Gasteiger partial charge on any atom is -0.493 e. The number of amides is 2. The number of rotatable bonds is 6. The molecule has 2 unspecified atom stereocenters. The second-order valence-corrected chi connectivity index (χ2v) is 7.46. The Hall–Kier alpha value is -3.94. The van der Waals surface area contributed by atoms with Gasteiger partial charge in [0.05, 0.1) is 38.4 Å². The number of carbonyl (C=O) groups is 2. The zero-order valence-electron chi connectivity index (χ0n) is 18.1. The summed E-state index contributed by atoms with van der Waals surface area (Å²) in [6, 6.07) is 12.0. The molecular formula is C24H24N4O4. The Labute approximate surface area is 186 Å². The van der Waals surface area contributed by atoms with E-state index in [2.05, 4.69) is 15.3 Å². The van der Waals surface area contributed by atoms with Crippen LogP contribution in [0.4, 0.5) is 0 Å². The highest BCUT2D eigenvalue weighted by Gasteiger charge is 2.43. The molecule has 0 spiro atoms. The third-order valence-electron chi connectivity index (χ3n) is 5.65. The van der Waals surface area contributed by atoms with Crippen molar-refractivity contribution >= 4 is 11.8 Å². The first kappa shape index (κ1) is 21.3. The second-order valence-electron chi connectivity index (χ2n) is 7.46. The highest BCUT2D eigenvalue weighted by Crippen LogP contribution is 2.45. The highest BCUT2D eigenvalue weighted by atomic mass is 16.5. The predicted molar refractivity (Wildman–Crippen MR) is 117 cm³/mol. The van der Waals surface area contributed by atoms with Gasteiger partial charge in [0.15, 0.2) is 11.5 Å². The van der Waals surface area contributed by atoms with Crippen LogP contribution < -0.4 is 14.8 Å². The van der Waals surface area contributed by atoms with Gasteiger partial charge in [-0.2, -0.15) is 0 Å². The van der Waals surface area contributed by atoms with Gasteiger partial charge in [0.1, 0.15) is 0 Å². The van der Waals surface area contributed by atoms with Crippen molar-refractivity contribution in [3.63, 3.8) is 0 Å². The Morgan fingerprint density at radius 1 is 1.09 bits per heavy atom. The fourth-order valence-electron chi connectivity index (χ4n) is 4.09. The number of ether oxygens (including phenoxy) is 2. The number of aromatic nitrogens is 2. The number of fused-ring (bicyclic) bond motifs is 1. The Morgan fingerprint density at radius 3 is 2.53 bits per heavy atom. The van der Waals surface area contributed by atoms with Crippen molar-refractivity contribution in [1.29, 1.82) is 0 Å². The van der Waals surface area contributed by atoms with Crippen molar-refractivity contribution in [3.8, 4) is 11.5 Å². The largest absolute Gasteiger partial charge is 0.493 e. The predicted octanol–water partition coefficient (Wildman–Crippen LogP) is 2.72. The molecule has 1 aliphatic heterocycles. The third-order valence-corrected chi connectivity index (χ3v) is 5.65. The maximum absolute atomic E-state index is 13.6. The van der Waals surface area contributed by atoms with Crippen molar-refractivity contribution in [2.24, 2.45) is 0 Å². The van der Waals surface area contributed by atoms with Crippen LogP contribution in [-0.2, 0) is 11.3 Å². The van der Waals surface area contributed by atoms with Crippen molar-refractivity contribution in [2.45, 2.75) is 18.5 Å². The van der Waals surface area contributed by atoms with E-state index in [0.717, 1.165) is 11.3 Å². The molecule has 0 radical (unpaired) electrons. The number of carbonyl (C=O) groups excluding carboxylic acids is 2. The van der Waals surface area contributed by atoms with Crippen LogP contribution in [-0.4, -0.2) is 47.9 Å². The maximum Gasteiger partial charge on any atom is 0.254 e. The minimum atomic E-state index is -0.680. The van der Waals surface area contributed by atoms with Crippen molar-refractivity contribution in [2.75, 3.05) is 21.3 Å². The first-order chi connectivity index (χ1) is 15.5. The van der Waals surface area contributed by atoms with Gasteiger partial charge in [-0.15, -0.1) is 0 Å². The molecular weight excluding hydrogens is 408 g/mol. The number of nitrogens with one attached hydrogen (secondary N) is 1. The second kappa shape index (κ2) is 9.05. The number of methoxy groups -OCH3 is 2. The Bertz CT molecular complexity index is 1120. The molecule has 3 aromatic rings. The van der Waals surface area contributed by atoms with E-state index < -0.39 is 12.0 Å². The average molecular weight is 432 g/mol. The van der Waals surface area contributed by atoms with Gasteiger partial charge in [0, 0.05) is 31.2 Å². The number of hydrogen-bond acceptors (Lipinski definition) is 6. The molecule has 1 aromatic carbocycles. The minimum absolute atomic E-state index is 0.205. The number of hydrogen-bond donors (Lipinski definition) is 1. The fraction of sp³-hybridized carbons (Fsp3) is 0.250. The molecule has 0 aliphatic carbocycles. The molecule has 1 aliphatic rings. The number of likely N-dealkylation sites (N-methyl/N-ethyl adjacent to an activating group) is 1. The van der Waals surface area contributed by atoms with E-state index in [1.165, 1.54) is 14.2 Å². The molecule has 8 nitrogen and oxygen atoms in total. The third kappa shape index (κ3) is 3.87. The van der Waals surface area contributed by atoms with E-state index in [1.807, 2.05) is 24.3 Å². The first-order valence-electron chi connectivity index (χ1n) is 10.2. The van der Waals surface area contributed by atoms with Gasteiger partial charge in [0.25, 0.3) is 5.91 Å². The van der Waals surface area contributed by atoms with Gasteiger partial charge in [-0.25, -0.2) is 0 Å². The topological polar surface area (TPSA) is 93.7 Å². The molecule has 8 heteroatoms. The molecule has 0 saturated carbocycles. The Kier molecular flexibility index (Phi) is 6.02. The van der Waals surface area contributed by atoms with Crippen LogP contribution in [0.5, 0.6) is 11.5 Å². The van der Waals surface area contributed by atoms with E-state index in [1.54, 1.807) is 48.7 Å². The molecule has 32 heavy (non-hydrogen) atoms. The van der Waals surface area contributed by atoms with E-state index in [-0.39, 0.29) is 18.4 Å². The summed E-state index contributed by atoms with van der Waals surface area (Å²) in [6.07, 6.45) is 5.02. The fourth-order valence-corrected chi connectivity index (χ4v) is 4.09. The van der Waals surface area contributed by atoms with Crippen LogP contribution in [0.15, 0.2) is 61.1 Å². The van der Waals surface area contributed by atoms with E-state index >= 15 is 0 Å². The monoisotopic (exact) mass is 432 g/mol. The molecule has 0 saturated heterocycles. The smallest absolute Gasteiger partial charge is 0.254 e. The summed E-state index contributed by atoms with van der Waals surface area (Å²) in [7, 11) is 4.73. The Morgan fingerprint density at radius 2 is 1.88 bits per heavy atom. The maximum atomic E-state index is 13.6. The van der Waals surface area contributed by atoms with Crippen LogP contribution in [0, 0.1) is 0 Å². The van der Waals surface area contributed by atoms with Crippen LogP contribution in [0.3, 0.4) is 0 Å². The lowest BCUT2D eigenvalue weighted by Gasteiger charge is -2.39. The van der Waals surface area contributed by atoms with E-state index in [9.17, 15) is 9.59 Å². The van der Waals surface area contributed by atoms with Crippen LogP contribution in [0.1, 0.15) is 39.1 Å². The van der Waals surface area contributed by atoms with Crippen LogP contribution >= 0.6 is 0 Å². The summed E-state index contributed by atoms with van der Waals surface area (Å²) in [6.45, 7) is 0.274. The lowest BCUT2D eigenvalue weighted by atomic mass is 9.79. The molecule has 3 heterocycles. The lowest BCUT2D eigenvalue weighted by Crippen LogP contribution is -2.45. The molecule has 0 fully saturated rings. The molecule has 164 valence electrons. The number of benzene rings is 1. The quantitative estimate of drug-likeness (QED) is 0.644. The lowest BCUT2D eigenvalue weighted by molar-refractivity contribution is -0.124. The highest BCUT2D eigenvalue weighted by molar-refractivity contribution is 6.02. The van der Waals surface area contributed by atoms with Crippen LogP contribution in [0.25, 0.3) is 0 Å². The van der Waals surface area contributed by atoms with Gasteiger partial charge in [-0.05, 0) is 41.5 Å². The summed E-state index contributed by atoms with van der Waals surface area (Å²) in [4.78, 5) is 36.9. The summed E-state index contributed by atoms with van der Waals surface area (Å²) < 4.78 is 10.8. The summed E-state index contributed by atoms with van der Waals surface area (Å²) in [5, 5.41) is 2.98. The van der Waals surface area contributed by atoms with Crippen molar-refractivity contribution in [3.05, 3.63) is 83.4 Å². The van der Waals surface area contributed by atoms with Crippen LogP contribution in [0.2, 0.25) is 0 Å². The molecule has 2 atom stereocenters. The molecule has 0 bridgehead atoms. The molecule has 2 aromatic heterocycles. The van der Waals surface area contributed by atoms with Crippen molar-refractivity contribution < 1.29 is 19.1 Å². The average Bonchev–Trinajstić information content (AvgIpc) is 2.84. The Balaban J connectivity index is 1.80. The first-order valence-corrected chi connectivity index (χ1v) is 10.2. The standard InChI is InChI=1S/C24H24N4O4/c1-28-22(15-7-6-9-25-13-15)21(23(29)27-14-16-8-4-5-10-26-16)17-11-19(31-2)20(32-3)12-18(17)24(28)30/h4-13,21-22H,14H2,1-3H3,(H,27,29). The summed E-state index contributed by atoms with van der Waals surface area (Å²) in [5.74, 6) is -0.224. The zero-order valence-corrected chi connectivity index (χ0v) is 18.1.